The molecule has 3 nitrogen and oxygen atoms in total. The van der Waals surface area contributed by atoms with Crippen molar-refractivity contribution < 1.29 is 9.50 Å². The summed E-state index contributed by atoms with van der Waals surface area (Å²) in [5.74, 6) is -0.0598. The van der Waals surface area contributed by atoms with Crippen LogP contribution < -0.4 is 0 Å². The second-order valence-corrected chi connectivity index (χ2v) is 4.69. The predicted molar refractivity (Wildman–Crippen MR) is 82.7 cm³/mol. The Balaban J connectivity index is 2.02. The van der Waals surface area contributed by atoms with Crippen LogP contribution in [0.1, 0.15) is 11.1 Å². The van der Waals surface area contributed by atoms with Crippen molar-refractivity contribution in [3.05, 3.63) is 72.1 Å². The van der Waals surface area contributed by atoms with E-state index in [0.717, 1.165) is 11.1 Å². The molecular formula is C17H17FN2O. The molecule has 0 amide bonds. The fourth-order valence-electron chi connectivity index (χ4n) is 2.00. The topological polar surface area (TPSA) is 47.3 Å². The average Bonchev–Trinajstić information content (AvgIpc) is 2.50. The zero-order chi connectivity index (χ0) is 15.2. The standard InChI is InChI=1S/C17H17FN2O/c1-13(15-4-8-17(21)9-5-15)20(12-19)11-10-14-2-6-16(18)7-3-14/h2-9,12,19,21H,1,10-11H2. The van der Waals surface area contributed by atoms with E-state index in [-0.39, 0.29) is 11.6 Å². The molecule has 2 aromatic carbocycles. The van der Waals surface area contributed by atoms with Gasteiger partial charge in [0.05, 0.1) is 6.34 Å². The first-order valence-electron chi connectivity index (χ1n) is 6.60. The molecule has 0 fully saturated rings. The lowest BCUT2D eigenvalue weighted by Crippen LogP contribution is -2.22. The normalized spacial score (nSPS) is 10.1. The van der Waals surface area contributed by atoms with Crippen LogP contribution in [0.2, 0.25) is 0 Å². The summed E-state index contributed by atoms with van der Waals surface area (Å²) >= 11 is 0. The van der Waals surface area contributed by atoms with Gasteiger partial charge in [0, 0.05) is 12.2 Å². The van der Waals surface area contributed by atoms with Gasteiger partial charge >= 0.3 is 0 Å². The summed E-state index contributed by atoms with van der Waals surface area (Å²) in [6.45, 7) is 4.56. The second kappa shape index (κ2) is 6.70. The maximum absolute atomic E-state index is 12.9. The third kappa shape index (κ3) is 3.92. The molecule has 0 saturated heterocycles. The summed E-state index contributed by atoms with van der Waals surface area (Å²) in [4.78, 5) is 1.72. The maximum Gasteiger partial charge on any atom is 0.123 e. The number of phenols is 1. The molecule has 0 aliphatic rings. The molecule has 0 heterocycles. The molecule has 21 heavy (non-hydrogen) atoms. The molecule has 0 aliphatic heterocycles. The molecule has 0 atom stereocenters. The van der Waals surface area contributed by atoms with Crippen LogP contribution in [0.5, 0.6) is 5.75 Å². The van der Waals surface area contributed by atoms with Gasteiger partial charge in [0.1, 0.15) is 11.6 Å². The number of nitrogens with one attached hydrogen (secondary N) is 1. The quantitative estimate of drug-likeness (QED) is 0.628. The van der Waals surface area contributed by atoms with Crippen LogP contribution in [0, 0.1) is 11.2 Å². The van der Waals surface area contributed by atoms with Gasteiger partial charge in [-0.15, -0.1) is 0 Å². The largest absolute Gasteiger partial charge is 0.508 e. The van der Waals surface area contributed by atoms with Gasteiger partial charge in [-0.3, -0.25) is 5.41 Å². The highest BCUT2D eigenvalue weighted by Gasteiger charge is 2.08. The van der Waals surface area contributed by atoms with Crippen molar-refractivity contribution in [3.63, 3.8) is 0 Å². The minimum atomic E-state index is -0.254. The van der Waals surface area contributed by atoms with Gasteiger partial charge in [-0.1, -0.05) is 18.7 Å². The Morgan fingerprint density at radius 2 is 1.76 bits per heavy atom. The highest BCUT2D eigenvalue weighted by molar-refractivity contribution is 5.73. The molecule has 2 rings (SSSR count). The fourth-order valence-corrected chi connectivity index (χ4v) is 2.00. The molecule has 2 aromatic rings. The number of hydrogen-bond donors (Lipinski definition) is 2. The first kappa shape index (κ1) is 14.8. The highest BCUT2D eigenvalue weighted by Crippen LogP contribution is 2.19. The molecular weight excluding hydrogens is 267 g/mol. The van der Waals surface area contributed by atoms with E-state index >= 15 is 0 Å². The average molecular weight is 284 g/mol. The van der Waals surface area contributed by atoms with Crippen molar-refractivity contribution >= 4 is 12.0 Å². The van der Waals surface area contributed by atoms with Gasteiger partial charge in [-0.05, 0) is 53.9 Å². The molecule has 0 aromatic heterocycles. The number of nitrogens with zero attached hydrogens (tertiary/aromatic N) is 1. The van der Waals surface area contributed by atoms with Crippen molar-refractivity contribution in [2.45, 2.75) is 6.42 Å². The Morgan fingerprint density at radius 1 is 1.14 bits per heavy atom. The van der Waals surface area contributed by atoms with Crippen LogP contribution in [0.25, 0.3) is 5.70 Å². The summed E-state index contributed by atoms with van der Waals surface area (Å²) in [5, 5.41) is 16.8. The number of benzene rings is 2. The summed E-state index contributed by atoms with van der Waals surface area (Å²) in [6.07, 6.45) is 1.91. The number of halogens is 1. The Labute approximate surface area is 123 Å². The van der Waals surface area contributed by atoms with Gasteiger partial charge in [0.2, 0.25) is 0 Å². The van der Waals surface area contributed by atoms with Crippen LogP contribution in [-0.4, -0.2) is 22.9 Å². The SMILES string of the molecule is C=C(c1ccc(O)cc1)N(C=N)CCc1ccc(F)cc1. The highest BCUT2D eigenvalue weighted by atomic mass is 19.1. The van der Waals surface area contributed by atoms with E-state index in [9.17, 15) is 9.50 Å². The van der Waals surface area contributed by atoms with Gasteiger partial charge in [-0.2, -0.15) is 0 Å². The van der Waals surface area contributed by atoms with Crippen molar-refractivity contribution in [2.75, 3.05) is 6.54 Å². The maximum atomic E-state index is 12.9. The first-order valence-corrected chi connectivity index (χ1v) is 6.60. The van der Waals surface area contributed by atoms with E-state index in [2.05, 4.69) is 6.58 Å². The van der Waals surface area contributed by atoms with Crippen LogP contribution in [0.15, 0.2) is 55.1 Å². The zero-order valence-corrected chi connectivity index (χ0v) is 11.6. The molecule has 0 saturated carbocycles. The first-order chi connectivity index (χ1) is 10.1. The molecule has 0 radical (unpaired) electrons. The molecule has 0 bridgehead atoms. The fraction of sp³-hybridized carbons (Fsp3) is 0.118. The molecule has 0 unspecified atom stereocenters. The number of aromatic hydroxyl groups is 1. The Morgan fingerprint density at radius 3 is 2.33 bits per heavy atom. The predicted octanol–water partition coefficient (Wildman–Crippen LogP) is 3.65. The van der Waals surface area contributed by atoms with Crippen LogP contribution in [-0.2, 0) is 6.42 Å². The van der Waals surface area contributed by atoms with E-state index in [1.165, 1.54) is 18.5 Å². The Hall–Kier alpha value is -2.62. The lowest BCUT2D eigenvalue weighted by Gasteiger charge is -2.21. The molecule has 0 aliphatic carbocycles. The summed E-state index contributed by atoms with van der Waals surface area (Å²) in [5.41, 5.74) is 2.53. The van der Waals surface area contributed by atoms with E-state index in [1.54, 1.807) is 41.3 Å². The van der Waals surface area contributed by atoms with Crippen LogP contribution >= 0.6 is 0 Å². The van der Waals surface area contributed by atoms with Crippen molar-refractivity contribution in [1.82, 2.24) is 4.90 Å². The second-order valence-electron chi connectivity index (χ2n) is 4.69. The minimum Gasteiger partial charge on any atom is -0.508 e. The molecule has 0 spiro atoms. The molecule has 2 N–H and O–H groups in total. The number of rotatable bonds is 6. The van der Waals surface area contributed by atoms with Gasteiger partial charge in [-0.25, -0.2) is 4.39 Å². The molecule has 4 heteroatoms. The third-order valence-electron chi connectivity index (χ3n) is 3.26. The Bertz CT molecular complexity index is 620. The lowest BCUT2D eigenvalue weighted by molar-refractivity contribution is 0.475. The van der Waals surface area contributed by atoms with Gasteiger partial charge < -0.3 is 10.0 Å². The molecule has 108 valence electrons. The van der Waals surface area contributed by atoms with Crippen molar-refractivity contribution in [3.8, 4) is 5.75 Å². The third-order valence-corrected chi connectivity index (χ3v) is 3.26. The van der Waals surface area contributed by atoms with Gasteiger partial charge in [0.25, 0.3) is 0 Å². The van der Waals surface area contributed by atoms with Crippen molar-refractivity contribution in [1.29, 1.82) is 5.41 Å². The number of hydrogen-bond acceptors (Lipinski definition) is 2. The summed E-state index contributed by atoms with van der Waals surface area (Å²) in [7, 11) is 0. The van der Waals surface area contributed by atoms with E-state index in [4.69, 9.17) is 5.41 Å². The van der Waals surface area contributed by atoms with Crippen LogP contribution in [0.4, 0.5) is 4.39 Å². The minimum absolute atomic E-state index is 0.194. The van der Waals surface area contributed by atoms with Gasteiger partial charge in [0.15, 0.2) is 0 Å². The number of phenolic OH excluding ortho intramolecular Hbond substituents is 1. The van der Waals surface area contributed by atoms with Crippen LogP contribution in [0.3, 0.4) is 0 Å². The zero-order valence-electron chi connectivity index (χ0n) is 11.6. The van der Waals surface area contributed by atoms with Crippen molar-refractivity contribution in [2.24, 2.45) is 0 Å². The van der Waals surface area contributed by atoms with E-state index in [1.807, 2.05) is 0 Å². The monoisotopic (exact) mass is 284 g/mol. The van der Waals surface area contributed by atoms with E-state index < -0.39 is 0 Å². The summed E-state index contributed by atoms with van der Waals surface area (Å²) in [6, 6.07) is 13.0. The Kier molecular flexibility index (Phi) is 4.72. The lowest BCUT2D eigenvalue weighted by atomic mass is 10.1. The van der Waals surface area contributed by atoms with E-state index in [0.29, 0.717) is 18.7 Å². The smallest absolute Gasteiger partial charge is 0.123 e. The summed E-state index contributed by atoms with van der Waals surface area (Å²) < 4.78 is 12.9.